The summed E-state index contributed by atoms with van der Waals surface area (Å²) in [4.78, 5) is 9.71. The quantitative estimate of drug-likeness (QED) is 0.491. The van der Waals surface area contributed by atoms with E-state index in [9.17, 15) is 14.5 Å². The average molecular weight is 183 g/mol. The van der Waals surface area contributed by atoms with Gasteiger partial charge in [-0.25, -0.2) is 4.39 Å². The highest BCUT2D eigenvalue weighted by molar-refractivity contribution is 5.81. The first-order valence-corrected chi connectivity index (χ1v) is 3.25. The Labute approximate surface area is 70.1 Å². The van der Waals surface area contributed by atoms with Gasteiger partial charge in [0.1, 0.15) is 0 Å². The summed E-state index contributed by atoms with van der Waals surface area (Å²) in [5.41, 5.74) is -0.819. The van der Waals surface area contributed by atoms with Crippen LogP contribution in [-0.4, -0.2) is 15.3 Å². The fraction of sp³-hybridized carbons (Fsp3) is 0. The molecule has 0 spiro atoms. The fourth-order valence-corrected chi connectivity index (χ4v) is 0.965. The molecule has 0 aliphatic rings. The third-order valence-electron chi connectivity index (χ3n) is 1.53. The molecule has 0 amide bonds. The molecule has 1 aromatic carbocycles. The van der Waals surface area contributed by atoms with Crippen LogP contribution >= 0.6 is 0 Å². The lowest BCUT2D eigenvalue weighted by atomic mass is 10.3. The number of hydrogen-bond donors (Lipinski definition) is 0. The van der Waals surface area contributed by atoms with Gasteiger partial charge < -0.3 is 4.52 Å². The molecular formula is C6H2FN3O3. The number of aromatic nitrogens is 2. The first-order valence-electron chi connectivity index (χ1n) is 3.25. The minimum Gasteiger partial charge on any atom is -0.329 e. The number of nitro groups is 1. The van der Waals surface area contributed by atoms with E-state index in [1.54, 1.807) is 0 Å². The summed E-state index contributed by atoms with van der Waals surface area (Å²) in [5, 5.41) is 16.7. The SMILES string of the molecule is O=[N+]([O-])c1ccc(F)c2nnoc12. The van der Waals surface area contributed by atoms with E-state index < -0.39 is 10.7 Å². The molecular weight excluding hydrogens is 181 g/mol. The van der Waals surface area contributed by atoms with Gasteiger partial charge >= 0.3 is 5.69 Å². The van der Waals surface area contributed by atoms with E-state index in [2.05, 4.69) is 14.9 Å². The first-order chi connectivity index (χ1) is 6.20. The molecule has 2 rings (SSSR count). The molecule has 0 radical (unpaired) electrons. The number of nitro benzene ring substituents is 1. The number of non-ortho nitro benzene ring substituents is 1. The summed E-state index contributed by atoms with van der Waals surface area (Å²) in [5.74, 6) is -0.693. The Balaban J connectivity index is 2.86. The van der Waals surface area contributed by atoms with E-state index in [1.807, 2.05) is 0 Å². The largest absolute Gasteiger partial charge is 0.329 e. The highest BCUT2D eigenvalue weighted by atomic mass is 19.1. The number of hydrogen-bond acceptors (Lipinski definition) is 5. The minimum absolute atomic E-state index is 0.228. The predicted octanol–water partition coefficient (Wildman–Crippen LogP) is 1.27. The van der Waals surface area contributed by atoms with Crippen molar-refractivity contribution in [2.75, 3.05) is 0 Å². The molecule has 13 heavy (non-hydrogen) atoms. The van der Waals surface area contributed by atoms with Crippen molar-refractivity contribution < 1.29 is 13.8 Å². The van der Waals surface area contributed by atoms with Crippen LogP contribution in [0.3, 0.4) is 0 Å². The summed E-state index contributed by atoms with van der Waals surface area (Å²) >= 11 is 0. The van der Waals surface area contributed by atoms with Crippen LogP contribution in [0.4, 0.5) is 10.1 Å². The smallest absolute Gasteiger partial charge is 0.317 e. The summed E-state index contributed by atoms with van der Waals surface area (Å²) in [6.07, 6.45) is 0. The Morgan fingerprint density at radius 2 is 2.31 bits per heavy atom. The maximum absolute atomic E-state index is 12.9. The van der Waals surface area contributed by atoms with Crippen molar-refractivity contribution in [1.29, 1.82) is 0 Å². The molecule has 2 aromatic rings. The number of benzene rings is 1. The van der Waals surface area contributed by atoms with Gasteiger partial charge in [0.05, 0.1) is 4.92 Å². The van der Waals surface area contributed by atoms with E-state index in [1.165, 1.54) is 0 Å². The van der Waals surface area contributed by atoms with Crippen LogP contribution in [-0.2, 0) is 0 Å². The van der Waals surface area contributed by atoms with Gasteiger partial charge in [-0.15, -0.1) is 5.10 Å². The third kappa shape index (κ3) is 1.01. The van der Waals surface area contributed by atoms with E-state index in [0.717, 1.165) is 12.1 Å². The van der Waals surface area contributed by atoms with Gasteiger partial charge in [0.25, 0.3) is 5.58 Å². The Morgan fingerprint density at radius 3 is 3.00 bits per heavy atom. The number of rotatable bonds is 1. The van der Waals surface area contributed by atoms with Crippen molar-refractivity contribution in [2.24, 2.45) is 0 Å². The average Bonchev–Trinajstić information content (AvgIpc) is 2.53. The molecule has 7 heteroatoms. The van der Waals surface area contributed by atoms with Gasteiger partial charge in [0, 0.05) is 11.3 Å². The topological polar surface area (TPSA) is 82.1 Å². The normalized spacial score (nSPS) is 10.5. The predicted molar refractivity (Wildman–Crippen MR) is 38.4 cm³/mol. The monoisotopic (exact) mass is 183 g/mol. The first kappa shape index (κ1) is 7.59. The van der Waals surface area contributed by atoms with Crippen molar-refractivity contribution >= 4 is 16.8 Å². The van der Waals surface area contributed by atoms with Gasteiger partial charge in [-0.2, -0.15) is 0 Å². The Hall–Kier alpha value is -2.05. The van der Waals surface area contributed by atoms with Crippen LogP contribution in [0.2, 0.25) is 0 Å². The standard InChI is InChI=1S/C6H2FN3O3/c7-3-1-2-4(10(11)12)6-5(3)8-9-13-6/h1-2H. The molecule has 1 aromatic heterocycles. The van der Waals surface area contributed by atoms with E-state index in [-0.39, 0.29) is 16.8 Å². The van der Waals surface area contributed by atoms with Crippen molar-refractivity contribution in [2.45, 2.75) is 0 Å². The molecule has 66 valence electrons. The Morgan fingerprint density at radius 1 is 1.54 bits per heavy atom. The van der Waals surface area contributed by atoms with E-state index >= 15 is 0 Å². The molecule has 0 saturated heterocycles. The zero-order valence-electron chi connectivity index (χ0n) is 6.10. The summed E-state index contributed by atoms with van der Waals surface area (Å²) in [6.45, 7) is 0. The van der Waals surface area contributed by atoms with Crippen LogP contribution in [0.15, 0.2) is 16.7 Å². The number of halogens is 1. The van der Waals surface area contributed by atoms with Gasteiger partial charge in [0.2, 0.25) is 0 Å². The van der Waals surface area contributed by atoms with Gasteiger partial charge in [0.15, 0.2) is 11.3 Å². The van der Waals surface area contributed by atoms with Crippen molar-refractivity contribution in [3.8, 4) is 0 Å². The highest BCUT2D eigenvalue weighted by Gasteiger charge is 2.19. The molecule has 0 bridgehead atoms. The molecule has 0 unspecified atom stereocenters. The zero-order chi connectivity index (χ0) is 9.42. The highest BCUT2D eigenvalue weighted by Crippen LogP contribution is 2.25. The second-order valence-corrected chi connectivity index (χ2v) is 2.27. The zero-order valence-corrected chi connectivity index (χ0v) is 6.10. The molecule has 0 fully saturated rings. The molecule has 0 saturated carbocycles. The van der Waals surface area contributed by atoms with Crippen LogP contribution in [0, 0.1) is 15.9 Å². The number of fused-ring (bicyclic) bond motifs is 1. The maximum atomic E-state index is 12.9. The molecule has 0 aliphatic carbocycles. The molecule has 0 N–H and O–H groups in total. The maximum Gasteiger partial charge on any atom is 0.317 e. The van der Waals surface area contributed by atoms with Gasteiger partial charge in [-0.1, -0.05) is 0 Å². The van der Waals surface area contributed by atoms with Crippen molar-refractivity contribution in [3.05, 3.63) is 28.1 Å². The minimum atomic E-state index is -0.693. The van der Waals surface area contributed by atoms with Gasteiger partial charge in [-0.05, 0) is 6.07 Å². The Bertz CT molecular complexity index is 481. The van der Waals surface area contributed by atoms with Gasteiger partial charge in [-0.3, -0.25) is 10.1 Å². The third-order valence-corrected chi connectivity index (χ3v) is 1.53. The molecule has 0 aliphatic heterocycles. The molecule has 6 nitrogen and oxygen atoms in total. The summed E-state index contributed by atoms with van der Waals surface area (Å²) < 4.78 is 17.3. The van der Waals surface area contributed by atoms with E-state index in [0.29, 0.717) is 0 Å². The van der Waals surface area contributed by atoms with Crippen molar-refractivity contribution in [3.63, 3.8) is 0 Å². The summed E-state index contributed by atoms with van der Waals surface area (Å²) in [7, 11) is 0. The van der Waals surface area contributed by atoms with E-state index in [4.69, 9.17) is 0 Å². The van der Waals surface area contributed by atoms with Crippen LogP contribution < -0.4 is 0 Å². The lowest BCUT2D eigenvalue weighted by molar-refractivity contribution is -0.383. The number of nitrogens with zero attached hydrogens (tertiary/aromatic N) is 3. The van der Waals surface area contributed by atoms with Crippen LogP contribution in [0.1, 0.15) is 0 Å². The second-order valence-electron chi connectivity index (χ2n) is 2.27. The Kier molecular flexibility index (Phi) is 1.44. The lowest BCUT2D eigenvalue weighted by Gasteiger charge is -1.90. The fourth-order valence-electron chi connectivity index (χ4n) is 0.965. The second kappa shape index (κ2) is 2.47. The van der Waals surface area contributed by atoms with Crippen LogP contribution in [0.5, 0.6) is 0 Å². The molecule has 0 atom stereocenters. The lowest BCUT2D eigenvalue weighted by Crippen LogP contribution is -1.89. The van der Waals surface area contributed by atoms with Crippen molar-refractivity contribution in [1.82, 2.24) is 10.4 Å². The molecule has 1 heterocycles. The summed E-state index contributed by atoms with van der Waals surface area (Å²) in [6, 6.07) is 1.95. The van der Waals surface area contributed by atoms with Crippen LogP contribution in [0.25, 0.3) is 11.1 Å².